The zero-order chi connectivity index (χ0) is 13.0. The molecule has 92 valence electrons. The number of hydrogen-bond donors (Lipinski definition) is 2. The number of nitrogens with zero attached hydrogens (tertiary/aromatic N) is 1. The average Bonchev–Trinajstić information content (AvgIpc) is 2.40. The fourth-order valence-electron chi connectivity index (χ4n) is 1.69. The van der Waals surface area contributed by atoms with Gasteiger partial charge in [0.25, 0.3) is 0 Å². The van der Waals surface area contributed by atoms with E-state index in [4.69, 9.17) is 18.0 Å². The van der Waals surface area contributed by atoms with Crippen LogP contribution in [0, 0.1) is 0 Å². The minimum Gasteiger partial charge on any atom is -0.389 e. The fraction of sp³-hybridized carbons (Fsp3) is 0.143. The van der Waals surface area contributed by atoms with Gasteiger partial charge in [0, 0.05) is 17.4 Å². The van der Waals surface area contributed by atoms with Crippen molar-refractivity contribution in [2.75, 3.05) is 5.32 Å². The highest BCUT2D eigenvalue weighted by Gasteiger charge is 2.05. The van der Waals surface area contributed by atoms with Crippen molar-refractivity contribution in [2.24, 2.45) is 5.73 Å². The smallest absolute Gasteiger partial charge is 0.103 e. The number of anilines is 1. The van der Waals surface area contributed by atoms with E-state index >= 15 is 0 Å². The molecule has 0 amide bonds. The summed E-state index contributed by atoms with van der Waals surface area (Å²) in [6, 6.07) is 13.8. The number of rotatable bonds is 4. The molecule has 0 saturated carbocycles. The van der Waals surface area contributed by atoms with Crippen LogP contribution in [-0.2, 0) is 0 Å². The predicted octanol–water partition coefficient (Wildman–Crippen LogP) is 2.89. The molecular weight excluding hydrogens is 242 g/mol. The minimum atomic E-state index is 0.155. The highest BCUT2D eigenvalue weighted by molar-refractivity contribution is 7.80. The summed E-state index contributed by atoms with van der Waals surface area (Å²) >= 11 is 4.92. The first-order chi connectivity index (χ1) is 8.66. The molecule has 1 aromatic carbocycles. The normalized spacial score (nSPS) is 11.8. The molecule has 0 aliphatic carbocycles. The van der Waals surface area contributed by atoms with Crippen molar-refractivity contribution in [3.05, 3.63) is 59.9 Å². The maximum Gasteiger partial charge on any atom is 0.103 e. The van der Waals surface area contributed by atoms with Gasteiger partial charge in [-0.2, -0.15) is 0 Å². The predicted molar refractivity (Wildman–Crippen MR) is 78.6 cm³/mol. The molecule has 2 aromatic rings. The molecule has 0 bridgehead atoms. The molecule has 0 fully saturated rings. The Morgan fingerprint density at radius 3 is 2.50 bits per heavy atom. The molecular formula is C14H15N3S. The van der Waals surface area contributed by atoms with Crippen LogP contribution in [-0.4, -0.2) is 9.97 Å². The zero-order valence-corrected chi connectivity index (χ0v) is 10.9. The minimum absolute atomic E-state index is 0.155. The molecule has 3 N–H and O–H groups in total. The van der Waals surface area contributed by atoms with Crippen molar-refractivity contribution >= 4 is 22.9 Å². The van der Waals surface area contributed by atoms with Gasteiger partial charge in [0.15, 0.2) is 0 Å². The molecule has 1 aromatic heterocycles. The number of aromatic nitrogens is 1. The highest BCUT2D eigenvalue weighted by atomic mass is 32.1. The van der Waals surface area contributed by atoms with Crippen molar-refractivity contribution in [1.29, 1.82) is 0 Å². The maximum absolute atomic E-state index is 5.56. The van der Waals surface area contributed by atoms with Crippen LogP contribution in [0.1, 0.15) is 24.2 Å². The van der Waals surface area contributed by atoms with Crippen LogP contribution in [0.4, 0.5) is 5.69 Å². The third-order valence-electron chi connectivity index (χ3n) is 2.68. The fourth-order valence-corrected chi connectivity index (χ4v) is 1.82. The van der Waals surface area contributed by atoms with Gasteiger partial charge in [0.2, 0.25) is 0 Å². The molecule has 0 spiro atoms. The van der Waals surface area contributed by atoms with Crippen LogP contribution in [0.3, 0.4) is 0 Å². The Balaban J connectivity index is 2.08. The topological polar surface area (TPSA) is 50.9 Å². The molecule has 0 radical (unpaired) electrons. The van der Waals surface area contributed by atoms with Crippen molar-refractivity contribution in [1.82, 2.24) is 4.98 Å². The van der Waals surface area contributed by atoms with E-state index in [0.29, 0.717) is 4.99 Å². The average molecular weight is 257 g/mol. The summed E-state index contributed by atoms with van der Waals surface area (Å²) in [4.78, 5) is 4.73. The summed E-state index contributed by atoms with van der Waals surface area (Å²) in [5.74, 6) is 0. The van der Waals surface area contributed by atoms with Gasteiger partial charge in [-0.05, 0) is 43.3 Å². The number of nitrogens with one attached hydrogen (secondary N) is 1. The van der Waals surface area contributed by atoms with Crippen LogP contribution in [0.15, 0.2) is 48.7 Å². The Bertz CT molecular complexity index is 522. The molecule has 1 atom stereocenters. The second-order valence-electron chi connectivity index (χ2n) is 4.06. The lowest BCUT2D eigenvalue weighted by molar-refractivity contribution is 0.839. The van der Waals surface area contributed by atoms with Crippen molar-refractivity contribution in [2.45, 2.75) is 13.0 Å². The monoisotopic (exact) mass is 257 g/mol. The Morgan fingerprint density at radius 1 is 1.22 bits per heavy atom. The number of thiocarbonyl (C=S) groups is 1. The number of pyridine rings is 1. The van der Waals surface area contributed by atoms with Gasteiger partial charge in [0.1, 0.15) is 4.99 Å². The molecule has 1 heterocycles. The molecule has 3 nitrogen and oxygen atoms in total. The quantitative estimate of drug-likeness (QED) is 0.827. The van der Waals surface area contributed by atoms with Crippen LogP contribution in [0.5, 0.6) is 0 Å². The maximum atomic E-state index is 5.56. The summed E-state index contributed by atoms with van der Waals surface area (Å²) in [6.45, 7) is 2.07. The first-order valence-electron chi connectivity index (χ1n) is 5.74. The van der Waals surface area contributed by atoms with Crippen LogP contribution < -0.4 is 11.1 Å². The van der Waals surface area contributed by atoms with Gasteiger partial charge < -0.3 is 11.1 Å². The third-order valence-corrected chi connectivity index (χ3v) is 2.92. The lowest BCUT2D eigenvalue weighted by Crippen LogP contribution is -2.10. The summed E-state index contributed by atoms with van der Waals surface area (Å²) in [7, 11) is 0. The van der Waals surface area contributed by atoms with E-state index in [9.17, 15) is 0 Å². The second-order valence-corrected chi connectivity index (χ2v) is 4.50. The number of benzene rings is 1. The molecule has 0 saturated heterocycles. The molecule has 18 heavy (non-hydrogen) atoms. The summed E-state index contributed by atoms with van der Waals surface area (Å²) < 4.78 is 0. The lowest BCUT2D eigenvalue weighted by atomic mass is 10.1. The summed E-state index contributed by atoms with van der Waals surface area (Å²) in [6.07, 6.45) is 1.80. The third kappa shape index (κ3) is 3.05. The van der Waals surface area contributed by atoms with Gasteiger partial charge in [0.05, 0.1) is 11.7 Å². The van der Waals surface area contributed by atoms with Crippen molar-refractivity contribution in [3.8, 4) is 0 Å². The van der Waals surface area contributed by atoms with Crippen LogP contribution >= 0.6 is 12.2 Å². The van der Waals surface area contributed by atoms with Gasteiger partial charge in [-0.15, -0.1) is 0 Å². The van der Waals surface area contributed by atoms with Crippen LogP contribution in [0.25, 0.3) is 0 Å². The second kappa shape index (κ2) is 5.60. The molecule has 2 rings (SSSR count). The van der Waals surface area contributed by atoms with Crippen molar-refractivity contribution < 1.29 is 0 Å². The SMILES string of the molecule is CC(Nc1ccc(C(N)=S)cc1)c1ccccn1. The molecule has 0 aliphatic heterocycles. The Labute approximate surface area is 112 Å². The zero-order valence-electron chi connectivity index (χ0n) is 10.1. The first-order valence-corrected chi connectivity index (χ1v) is 6.15. The van der Waals surface area contributed by atoms with E-state index in [1.165, 1.54) is 0 Å². The van der Waals surface area contributed by atoms with Gasteiger partial charge in [-0.3, -0.25) is 4.98 Å². The van der Waals surface area contributed by atoms with E-state index in [-0.39, 0.29) is 6.04 Å². The molecule has 0 aliphatic rings. The van der Waals surface area contributed by atoms with E-state index in [0.717, 1.165) is 16.9 Å². The largest absolute Gasteiger partial charge is 0.389 e. The summed E-state index contributed by atoms with van der Waals surface area (Å²) in [5, 5.41) is 3.38. The van der Waals surface area contributed by atoms with Gasteiger partial charge in [-0.1, -0.05) is 18.3 Å². The highest BCUT2D eigenvalue weighted by Crippen LogP contribution is 2.17. The Hall–Kier alpha value is -1.94. The van der Waals surface area contributed by atoms with Gasteiger partial charge >= 0.3 is 0 Å². The van der Waals surface area contributed by atoms with Crippen molar-refractivity contribution in [3.63, 3.8) is 0 Å². The molecule has 1 unspecified atom stereocenters. The Morgan fingerprint density at radius 2 is 1.94 bits per heavy atom. The lowest BCUT2D eigenvalue weighted by Gasteiger charge is -2.14. The Kier molecular flexibility index (Phi) is 3.89. The van der Waals surface area contributed by atoms with Gasteiger partial charge in [-0.25, -0.2) is 0 Å². The summed E-state index contributed by atoms with van der Waals surface area (Å²) in [5.41, 5.74) is 8.46. The van der Waals surface area contributed by atoms with Crippen LogP contribution in [0.2, 0.25) is 0 Å². The van der Waals surface area contributed by atoms with E-state index < -0.39 is 0 Å². The molecule has 4 heteroatoms. The van der Waals surface area contributed by atoms with E-state index in [2.05, 4.69) is 17.2 Å². The first kappa shape index (κ1) is 12.5. The standard InChI is InChI=1S/C14H15N3S/c1-10(13-4-2-3-9-16-13)17-12-7-5-11(6-8-12)14(15)18/h2-10,17H,1H3,(H2,15,18). The van der Waals surface area contributed by atoms with E-state index in [1.54, 1.807) is 6.20 Å². The number of nitrogens with two attached hydrogens (primary N) is 1. The number of hydrogen-bond acceptors (Lipinski definition) is 3. The van der Waals surface area contributed by atoms with E-state index in [1.807, 2.05) is 42.5 Å².